The summed E-state index contributed by atoms with van der Waals surface area (Å²) in [6.07, 6.45) is 7.38. The van der Waals surface area contributed by atoms with Crippen molar-refractivity contribution >= 4 is 5.91 Å². The molecule has 118 valence electrons. The Hall–Kier alpha value is -0.610. The van der Waals surface area contributed by atoms with Crippen molar-refractivity contribution < 1.29 is 4.79 Å². The molecule has 1 aliphatic heterocycles. The molecular weight excluding hydrogens is 250 g/mol. The maximum Gasteiger partial charge on any atom is 0.220 e. The minimum absolute atomic E-state index is 0.223. The Kier molecular flexibility index (Phi) is 8.86. The van der Waals surface area contributed by atoms with Crippen LogP contribution in [0.4, 0.5) is 0 Å². The zero-order valence-electron chi connectivity index (χ0n) is 13.4. The number of amides is 1. The van der Waals surface area contributed by atoms with E-state index in [0.717, 1.165) is 45.3 Å². The summed E-state index contributed by atoms with van der Waals surface area (Å²) in [5.74, 6) is 0.780. The van der Waals surface area contributed by atoms with Gasteiger partial charge in [0.25, 0.3) is 0 Å². The second-order valence-corrected chi connectivity index (χ2v) is 6.26. The van der Waals surface area contributed by atoms with E-state index in [2.05, 4.69) is 24.1 Å². The zero-order chi connectivity index (χ0) is 14.8. The molecule has 1 atom stereocenters. The lowest BCUT2D eigenvalue weighted by Crippen LogP contribution is -2.44. The average molecular weight is 283 g/mol. The van der Waals surface area contributed by atoms with E-state index in [4.69, 9.17) is 5.73 Å². The number of likely N-dealkylation sites (tertiary alicyclic amines) is 1. The van der Waals surface area contributed by atoms with Gasteiger partial charge in [-0.05, 0) is 51.1 Å². The highest BCUT2D eigenvalue weighted by molar-refractivity contribution is 5.76. The van der Waals surface area contributed by atoms with Crippen LogP contribution in [0.3, 0.4) is 0 Å². The number of hydrogen-bond donors (Lipinski definition) is 2. The van der Waals surface area contributed by atoms with Gasteiger partial charge in [0.15, 0.2) is 0 Å². The summed E-state index contributed by atoms with van der Waals surface area (Å²) in [6, 6.07) is 0.394. The Morgan fingerprint density at radius 3 is 2.65 bits per heavy atom. The highest BCUT2D eigenvalue weighted by atomic mass is 16.1. The minimum Gasteiger partial charge on any atom is -0.353 e. The highest BCUT2D eigenvalue weighted by Gasteiger charge is 2.20. The Bertz CT molecular complexity index is 262. The summed E-state index contributed by atoms with van der Waals surface area (Å²) >= 11 is 0. The monoisotopic (exact) mass is 283 g/mol. The zero-order valence-corrected chi connectivity index (χ0v) is 13.4. The first-order valence-corrected chi connectivity index (χ1v) is 8.37. The topological polar surface area (TPSA) is 58.4 Å². The molecule has 0 aromatic carbocycles. The Labute approximate surface area is 124 Å². The van der Waals surface area contributed by atoms with Gasteiger partial charge in [-0.25, -0.2) is 0 Å². The number of piperidine rings is 1. The van der Waals surface area contributed by atoms with Crippen molar-refractivity contribution in [2.75, 3.05) is 26.2 Å². The predicted octanol–water partition coefficient (Wildman–Crippen LogP) is 2.13. The van der Waals surface area contributed by atoms with E-state index in [1.165, 1.54) is 19.4 Å². The molecule has 20 heavy (non-hydrogen) atoms. The normalized spacial score (nSPS) is 18.9. The van der Waals surface area contributed by atoms with Crippen LogP contribution in [0, 0.1) is 5.92 Å². The van der Waals surface area contributed by atoms with Crippen molar-refractivity contribution in [3.05, 3.63) is 0 Å². The Morgan fingerprint density at radius 1 is 1.35 bits per heavy atom. The summed E-state index contributed by atoms with van der Waals surface area (Å²) in [7, 11) is 0. The van der Waals surface area contributed by atoms with Crippen molar-refractivity contribution in [3.63, 3.8) is 0 Å². The van der Waals surface area contributed by atoms with Gasteiger partial charge in [-0.15, -0.1) is 0 Å². The lowest BCUT2D eigenvalue weighted by Gasteiger charge is -2.32. The molecule has 1 fully saturated rings. The van der Waals surface area contributed by atoms with Crippen LogP contribution in [0.1, 0.15) is 58.8 Å². The summed E-state index contributed by atoms with van der Waals surface area (Å²) in [5.41, 5.74) is 5.53. The summed E-state index contributed by atoms with van der Waals surface area (Å²) < 4.78 is 0. The number of hydrogen-bond acceptors (Lipinski definition) is 3. The van der Waals surface area contributed by atoms with E-state index in [0.29, 0.717) is 18.4 Å². The molecule has 1 amide bonds. The van der Waals surface area contributed by atoms with E-state index < -0.39 is 0 Å². The van der Waals surface area contributed by atoms with Crippen molar-refractivity contribution in [3.8, 4) is 0 Å². The van der Waals surface area contributed by atoms with Crippen LogP contribution in [0.2, 0.25) is 0 Å². The number of rotatable bonds is 9. The maximum atomic E-state index is 11.9. The van der Waals surface area contributed by atoms with Gasteiger partial charge in [-0.2, -0.15) is 0 Å². The van der Waals surface area contributed by atoms with Crippen LogP contribution in [0.25, 0.3) is 0 Å². The van der Waals surface area contributed by atoms with Crippen LogP contribution in [0.15, 0.2) is 0 Å². The van der Waals surface area contributed by atoms with Crippen molar-refractivity contribution in [1.29, 1.82) is 0 Å². The van der Waals surface area contributed by atoms with Crippen LogP contribution in [0.5, 0.6) is 0 Å². The standard InChI is InChI=1S/C16H33N3O/c1-3-4-11-19-12-8-15(9-13-19)18-16(20)6-5-14(2)7-10-17/h14-15H,3-13,17H2,1-2H3,(H,18,20). The van der Waals surface area contributed by atoms with Crippen LogP contribution in [-0.4, -0.2) is 43.0 Å². The molecule has 4 nitrogen and oxygen atoms in total. The molecule has 3 N–H and O–H groups in total. The molecule has 1 unspecified atom stereocenters. The Balaban J connectivity index is 2.11. The van der Waals surface area contributed by atoms with Gasteiger partial charge in [0.1, 0.15) is 0 Å². The summed E-state index contributed by atoms with van der Waals surface area (Å²) in [4.78, 5) is 14.4. The average Bonchev–Trinajstić information content (AvgIpc) is 2.45. The maximum absolute atomic E-state index is 11.9. The first-order chi connectivity index (χ1) is 9.65. The lowest BCUT2D eigenvalue weighted by molar-refractivity contribution is -0.122. The van der Waals surface area contributed by atoms with Gasteiger partial charge in [0.2, 0.25) is 5.91 Å². The molecule has 0 spiro atoms. The van der Waals surface area contributed by atoms with Crippen molar-refractivity contribution in [2.45, 2.75) is 64.8 Å². The molecule has 0 aromatic heterocycles. The number of carbonyl (C=O) groups excluding carboxylic acids is 1. The molecule has 0 aliphatic carbocycles. The molecule has 0 aromatic rings. The number of nitrogens with one attached hydrogen (secondary N) is 1. The molecule has 0 radical (unpaired) electrons. The predicted molar refractivity (Wildman–Crippen MR) is 84.6 cm³/mol. The molecule has 1 aliphatic rings. The van der Waals surface area contributed by atoms with Crippen LogP contribution < -0.4 is 11.1 Å². The fourth-order valence-electron chi connectivity index (χ4n) is 2.79. The lowest BCUT2D eigenvalue weighted by atomic mass is 10.0. The SMILES string of the molecule is CCCCN1CCC(NC(=O)CCC(C)CCN)CC1. The number of nitrogens with zero attached hydrogens (tertiary/aromatic N) is 1. The highest BCUT2D eigenvalue weighted by Crippen LogP contribution is 2.13. The van der Waals surface area contributed by atoms with E-state index in [9.17, 15) is 4.79 Å². The van der Waals surface area contributed by atoms with Gasteiger partial charge < -0.3 is 16.0 Å². The van der Waals surface area contributed by atoms with Gasteiger partial charge in [-0.1, -0.05) is 20.3 Å². The molecule has 0 saturated carbocycles. The quantitative estimate of drug-likeness (QED) is 0.681. The smallest absolute Gasteiger partial charge is 0.220 e. The molecule has 0 bridgehead atoms. The van der Waals surface area contributed by atoms with Crippen LogP contribution >= 0.6 is 0 Å². The molecule has 1 heterocycles. The molecule has 4 heteroatoms. The first kappa shape index (κ1) is 17.4. The number of carbonyl (C=O) groups is 1. The van der Waals surface area contributed by atoms with E-state index >= 15 is 0 Å². The summed E-state index contributed by atoms with van der Waals surface area (Å²) in [5, 5.41) is 3.20. The number of nitrogens with two attached hydrogens (primary N) is 1. The van der Waals surface area contributed by atoms with E-state index in [-0.39, 0.29) is 5.91 Å². The molecule has 1 saturated heterocycles. The van der Waals surface area contributed by atoms with Gasteiger partial charge in [0.05, 0.1) is 0 Å². The van der Waals surface area contributed by atoms with Gasteiger partial charge >= 0.3 is 0 Å². The third-order valence-corrected chi connectivity index (χ3v) is 4.30. The Morgan fingerprint density at radius 2 is 2.05 bits per heavy atom. The summed E-state index contributed by atoms with van der Waals surface area (Å²) in [6.45, 7) is 8.61. The third kappa shape index (κ3) is 7.25. The van der Waals surface area contributed by atoms with Gasteiger partial charge in [0, 0.05) is 25.6 Å². The minimum atomic E-state index is 0.223. The third-order valence-electron chi connectivity index (χ3n) is 4.30. The first-order valence-electron chi connectivity index (χ1n) is 8.37. The second kappa shape index (κ2) is 10.2. The fraction of sp³-hybridized carbons (Fsp3) is 0.938. The largest absolute Gasteiger partial charge is 0.353 e. The van der Waals surface area contributed by atoms with Crippen LogP contribution in [-0.2, 0) is 4.79 Å². The van der Waals surface area contributed by atoms with Gasteiger partial charge in [-0.3, -0.25) is 4.79 Å². The van der Waals surface area contributed by atoms with Crippen molar-refractivity contribution in [2.24, 2.45) is 11.7 Å². The molecule has 1 rings (SSSR count). The fourth-order valence-corrected chi connectivity index (χ4v) is 2.79. The second-order valence-electron chi connectivity index (χ2n) is 6.26. The van der Waals surface area contributed by atoms with Crippen molar-refractivity contribution in [1.82, 2.24) is 10.2 Å². The van der Waals surface area contributed by atoms with E-state index in [1.54, 1.807) is 0 Å². The number of unbranched alkanes of at least 4 members (excludes halogenated alkanes) is 1. The van der Waals surface area contributed by atoms with E-state index in [1.807, 2.05) is 0 Å². The molecular formula is C16H33N3O.